The van der Waals surface area contributed by atoms with E-state index in [4.69, 9.17) is 4.74 Å². The molecule has 2 heteroatoms. The number of nitrogens with zero attached hydrogens (tertiary/aromatic N) is 1. The van der Waals surface area contributed by atoms with Gasteiger partial charge in [0.15, 0.2) is 0 Å². The van der Waals surface area contributed by atoms with Gasteiger partial charge in [0.05, 0.1) is 17.0 Å². The van der Waals surface area contributed by atoms with Crippen molar-refractivity contribution in [2.24, 2.45) is 5.92 Å². The van der Waals surface area contributed by atoms with Crippen LogP contribution < -0.4 is 4.74 Å². The maximum absolute atomic E-state index is 9.33. The number of fused-ring (bicyclic) bond motifs is 8. The monoisotopic (exact) mass is 525 g/mol. The Morgan fingerprint density at radius 3 is 2.17 bits per heavy atom. The second-order valence-electron chi connectivity index (χ2n) is 11.3. The van der Waals surface area contributed by atoms with E-state index in [9.17, 15) is 5.26 Å². The van der Waals surface area contributed by atoms with E-state index in [0.29, 0.717) is 11.5 Å². The quantitative estimate of drug-likeness (QED) is 0.230. The van der Waals surface area contributed by atoms with E-state index in [0.717, 1.165) is 40.2 Å². The zero-order chi connectivity index (χ0) is 27.6. The Hall–Kier alpha value is -5.13. The molecular weight excluding hydrogens is 498 g/mol. The van der Waals surface area contributed by atoms with Crippen LogP contribution in [0.2, 0.25) is 0 Å². The maximum atomic E-state index is 9.33. The van der Waals surface area contributed by atoms with Gasteiger partial charge in [-0.2, -0.15) is 5.26 Å². The lowest BCUT2D eigenvalue weighted by molar-refractivity contribution is 0.435. The molecule has 0 fully saturated rings. The average molecular weight is 526 g/mol. The van der Waals surface area contributed by atoms with Gasteiger partial charge in [0.2, 0.25) is 0 Å². The van der Waals surface area contributed by atoms with Gasteiger partial charge in [-0.15, -0.1) is 0 Å². The molecule has 41 heavy (non-hydrogen) atoms. The van der Waals surface area contributed by atoms with E-state index >= 15 is 0 Å². The van der Waals surface area contributed by atoms with Crippen molar-refractivity contribution in [2.45, 2.75) is 18.8 Å². The molecule has 0 saturated carbocycles. The van der Waals surface area contributed by atoms with E-state index in [1.807, 2.05) is 18.2 Å². The summed E-state index contributed by atoms with van der Waals surface area (Å²) in [6, 6.07) is 42.8. The number of hydrogen-bond donors (Lipinski definition) is 0. The SMILES string of the molecule is CC1C=CC2=C(C1)c1ccccc1C21c2ccccc2Oc2ccc(-c3ccc(-c4cccc(C#N)c4)cc3)cc21. The van der Waals surface area contributed by atoms with E-state index in [1.54, 1.807) is 0 Å². The largest absolute Gasteiger partial charge is 0.457 e. The first-order valence-electron chi connectivity index (χ1n) is 14.2. The fraction of sp³-hybridized carbons (Fsp3) is 0.103. The van der Waals surface area contributed by atoms with E-state index in [-0.39, 0.29) is 0 Å². The lowest BCUT2D eigenvalue weighted by Gasteiger charge is -2.40. The van der Waals surface area contributed by atoms with E-state index in [2.05, 4.69) is 122 Å². The highest BCUT2D eigenvalue weighted by atomic mass is 16.5. The smallest absolute Gasteiger partial charge is 0.132 e. The van der Waals surface area contributed by atoms with Gasteiger partial charge >= 0.3 is 0 Å². The minimum absolute atomic E-state index is 0.430. The van der Waals surface area contributed by atoms with Crippen molar-refractivity contribution in [2.75, 3.05) is 0 Å². The number of para-hydroxylation sites is 1. The van der Waals surface area contributed by atoms with Gasteiger partial charge in [-0.1, -0.05) is 104 Å². The fourth-order valence-corrected chi connectivity index (χ4v) is 7.11. The van der Waals surface area contributed by atoms with Crippen molar-refractivity contribution in [3.05, 3.63) is 161 Å². The Balaban J connectivity index is 1.33. The summed E-state index contributed by atoms with van der Waals surface area (Å²) in [7, 11) is 0. The molecule has 194 valence electrons. The normalized spacial score (nSPS) is 19.6. The molecule has 0 amide bonds. The van der Waals surface area contributed by atoms with E-state index < -0.39 is 5.41 Å². The molecule has 0 radical (unpaired) electrons. The molecular formula is C39H27NO. The Morgan fingerprint density at radius 1 is 0.683 bits per heavy atom. The third kappa shape index (κ3) is 3.43. The molecule has 0 saturated heterocycles. The molecule has 0 N–H and O–H groups in total. The van der Waals surface area contributed by atoms with Gasteiger partial charge in [-0.3, -0.25) is 0 Å². The van der Waals surface area contributed by atoms with Crippen molar-refractivity contribution < 1.29 is 4.74 Å². The molecule has 2 nitrogen and oxygen atoms in total. The van der Waals surface area contributed by atoms with Gasteiger partial charge in [0, 0.05) is 11.1 Å². The van der Waals surface area contributed by atoms with Crippen LogP contribution in [-0.4, -0.2) is 0 Å². The van der Waals surface area contributed by atoms with Gasteiger partial charge in [0.25, 0.3) is 0 Å². The molecule has 8 rings (SSSR count). The Kier molecular flexibility index (Phi) is 5.18. The highest BCUT2D eigenvalue weighted by molar-refractivity contribution is 5.91. The minimum Gasteiger partial charge on any atom is -0.457 e. The zero-order valence-corrected chi connectivity index (χ0v) is 22.8. The first kappa shape index (κ1) is 23.7. The first-order chi connectivity index (χ1) is 20.2. The molecule has 2 atom stereocenters. The van der Waals surface area contributed by atoms with Crippen LogP contribution >= 0.6 is 0 Å². The molecule has 5 aromatic carbocycles. The van der Waals surface area contributed by atoms with Crippen LogP contribution in [0.5, 0.6) is 11.5 Å². The van der Waals surface area contributed by atoms with Crippen LogP contribution in [0.15, 0.2) is 133 Å². The molecule has 5 aromatic rings. The van der Waals surface area contributed by atoms with Crippen molar-refractivity contribution in [1.82, 2.24) is 0 Å². The number of rotatable bonds is 2. The van der Waals surface area contributed by atoms with Gasteiger partial charge in [-0.25, -0.2) is 0 Å². The number of benzene rings is 5. The summed E-state index contributed by atoms with van der Waals surface area (Å²) in [5, 5.41) is 9.33. The Bertz CT molecular complexity index is 1970. The summed E-state index contributed by atoms with van der Waals surface area (Å²) in [5.74, 6) is 2.34. The van der Waals surface area contributed by atoms with Crippen LogP contribution in [0.1, 0.15) is 41.2 Å². The molecule has 2 aliphatic carbocycles. The van der Waals surface area contributed by atoms with Crippen molar-refractivity contribution in [3.8, 4) is 39.8 Å². The average Bonchev–Trinajstić information content (AvgIpc) is 3.31. The number of ether oxygens (including phenoxy) is 1. The lowest BCUT2D eigenvalue weighted by Crippen LogP contribution is -2.33. The van der Waals surface area contributed by atoms with Gasteiger partial charge in [0.1, 0.15) is 11.5 Å². The topological polar surface area (TPSA) is 33.0 Å². The number of allylic oxidation sites excluding steroid dienone is 4. The molecule has 1 aliphatic heterocycles. The number of nitriles is 1. The second kappa shape index (κ2) is 8.95. The van der Waals surface area contributed by atoms with E-state index in [1.165, 1.54) is 33.4 Å². The van der Waals surface area contributed by atoms with Crippen LogP contribution in [0.25, 0.3) is 27.8 Å². The number of hydrogen-bond acceptors (Lipinski definition) is 2. The molecule has 1 spiro atoms. The minimum atomic E-state index is -0.430. The second-order valence-corrected chi connectivity index (χ2v) is 11.3. The van der Waals surface area contributed by atoms with Gasteiger partial charge in [-0.05, 0) is 87.2 Å². The third-order valence-electron chi connectivity index (χ3n) is 8.94. The van der Waals surface area contributed by atoms with Crippen molar-refractivity contribution in [1.29, 1.82) is 5.26 Å². The predicted octanol–water partition coefficient (Wildman–Crippen LogP) is 9.70. The first-order valence-corrected chi connectivity index (χ1v) is 14.2. The Morgan fingerprint density at radius 2 is 1.37 bits per heavy atom. The Labute approximate surface area is 240 Å². The molecule has 3 aliphatic rings. The molecule has 2 unspecified atom stereocenters. The summed E-state index contributed by atoms with van der Waals surface area (Å²) in [5.41, 5.74) is 12.6. The van der Waals surface area contributed by atoms with Gasteiger partial charge < -0.3 is 4.74 Å². The predicted molar refractivity (Wildman–Crippen MR) is 165 cm³/mol. The third-order valence-corrected chi connectivity index (χ3v) is 8.94. The summed E-state index contributed by atoms with van der Waals surface area (Å²) >= 11 is 0. The van der Waals surface area contributed by atoms with Crippen LogP contribution in [0, 0.1) is 17.2 Å². The summed E-state index contributed by atoms with van der Waals surface area (Å²) < 4.78 is 6.60. The molecule has 0 bridgehead atoms. The molecule has 1 heterocycles. The highest BCUT2D eigenvalue weighted by Crippen LogP contribution is 2.63. The fourth-order valence-electron chi connectivity index (χ4n) is 7.11. The summed E-state index contributed by atoms with van der Waals surface area (Å²) in [6.07, 6.45) is 5.79. The summed E-state index contributed by atoms with van der Waals surface area (Å²) in [4.78, 5) is 0. The highest BCUT2D eigenvalue weighted by Gasteiger charge is 2.52. The van der Waals surface area contributed by atoms with Crippen molar-refractivity contribution >= 4 is 5.57 Å². The summed E-state index contributed by atoms with van der Waals surface area (Å²) in [6.45, 7) is 2.30. The molecule has 0 aromatic heterocycles. The van der Waals surface area contributed by atoms with Crippen LogP contribution in [-0.2, 0) is 5.41 Å². The van der Waals surface area contributed by atoms with Crippen molar-refractivity contribution in [3.63, 3.8) is 0 Å². The lowest BCUT2D eigenvalue weighted by atomic mass is 9.64. The zero-order valence-electron chi connectivity index (χ0n) is 22.8. The standard InChI is InChI=1S/C39H27NO/c1-25-13-19-34-32(21-25)31-9-2-3-10-33(31)39(34)35-11-4-5-12-37(35)41-38-20-18-30(23-36(38)39)28-16-14-27(15-17-28)29-8-6-7-26(22-29)24-40/h2-20,22-23,25H,21H2,1H3. The maximum Gasteiger partial charge on any atom is 0.132 e. The van der Waals surface area contributed by atoms with Crippen LogP contribution in [0.3, 0.4) is 0 Å². The van der Waals surface area contributed by atoms with Crippen LogP contribution in [0.4, 0.5) is 0 Å².